The topological polar surface area (TPSA) is 56.0 Å². The Bertz CT molecular complexity index is 373. The largest absolute Gasteiger partial charge is 0.395 e. The summed E-state index contributed by atoms with van der Waals surface area (Å²) in [6.07, 6.45) is 0. The fraction of sp³-hybridized carbons (Fsp3) is 0.364. The first-order chi connectivity index (χ1) is 7.17. The third kappa shape index (κ3) is 3.31. The molecule has 4 heteroatoms. The van der Waals surface area contributed by atoms with Gasteiger partial charge in [0, 0.05) is 12.6 Å². The molecule has 0 aliphatic heterocycles. The zero-order chi connectivity index (χ0) is 11.3. The average Bonchev–Trinajstić information content (AvgIpc) is 2.26. The Balaban J connectivity index is 2.75. The maximum atomic E-state index is 12.9. The minimum absolute atomic E-state index is 0.0111. The van der Waals surface area contributed by atoms with E-state index in [9.17, 15) is 4.39 Å². The van der Waals surface area contributed by atoms with E-state index < -0.39 is 0 Å². The van der Waals surface area contributed by atoms with Crippen molar-refractivity contribution in [2.75, 3.05) is 6.61 Å². The van der Waals surface area contributed by atoms with Crippen LogP contribution in [-0.4, -0.2) is 17.8 Å². The summed E-state index contributed by atoms with van der Waals surface area (Å²) in [5.41, 5.74) is 1.06. The van der Waals surface area contributed by atoms with E-state index in [1.165, 1.54) is 18.2 Å². The Morgan fingerprint density at radius 3 is 2.93 bits per heavy atom. The summed E-state index contributed by atoms with van der Waals surface area (Å²) < 4.78 is 12.9. The molecule has 0 saturated heterocycles. The van der Waals surface area contributed by atoms with Crippen LogP contribution in [0.3, 0.4) is 0 Å². The molecule has 1 aromatic rings. The van der Waals surface area contributed by atoms with Crippen molar-refractivity contribution in [3.8, 4) is 6.07 Å². The molecule has 0 fully saturated rings. The Hall–Kier alpha value is -1.44. The number of rotatable bonds is 4. The van der Waals surface area contributed by atoms with E-state index in [0.717, 1.165) is 0 Å². The lowest BCUT2D eigenvalue weighted by Gasteiger charge is -2.11. The predicted octanol–water partition coefficient (Wildman–Crippen LogP) is 1.17. The number of benzene rings is 1. The van der Waals surface area contributed by atoms with Crippen LogP contribution in [0.1, 0.15) is 18.1 Å². The molecule has 1 unspecified atom stereocenters. The van der Waals surface area contributed by atoms with E-state index in [0.29, 0.717) is 17.7 Å². The number of halogens is 1. The van der Waals surface area contributed by atoms with Crippen LogP contribution in [0.2, 0.25) is 0 Å². The predicted molar refractivity (Wildman–Crippen MR) is 54.5 cm³/mol. The van der Waals surface area contributed by atoms with Crippen molar-refractivity contribution in [2.45, 2.75) is 19.5 Å². The smallest absolute Gasteiger partial charge is 0.123 e. The summed E-state index contributed by atoms with van der Waals surface area (Å²) in [7, 11) is 0. The first-order valence-electron chi connectivity index (χ1n) is 4.70. The summed E-state index contributed by atoms with van der Waals surface area (Å²) >= 11 is 0. The molecule has 0 aliphatic carbocycles. The molecule has 2 N–H and O–H groups in total. The zero-order valence-corrected chi connectivity index (χ0v) is 8.50. The maximum Gasteiger partial charge on any atom is 0.123 e. The van der Waals surface area contributed by atoms with Gasteiger partial charge in [-0.1, -0.05) is 0 Å². The Morgan fingerprint density at radius 1 is 1.60 bits per heavy atom. The number of hydrogen-bond donors (Lipinski definition) is 2. The fourth-order valence-corrected chi connectivity index (χ4v) is 1.17. The number of nitriles is 1. The number of nitrogens with one attached hydrogen (secondary N) is 1. The summed E-state index contributed by atoms with van der Waals surface area (Å²) in [6.45, 7) is 2.20. The Kier molecular flexibility index (Phi) is 4.22. The first-order valence-corrected chi connectivity index (χ1v) is 4.70. The molecule has 15 heavy (non-hydrogen) atoms. The van der Waals surface area contributed by atoms with E-state index in [1.807, 2.05) is 13.0 Å². The maximum absolute atomic E-state index is 12.9. The van der Waals surface area contributed by atoms with E-state index in [1.54, 1.807) is 0 Å². The van der Waals surface area contributed by atoms with Crippen LogP contribution in [0.5, 0.6) is 0 Å². The molecule has 0 aliphatic rings. The number of aliphatic hydroxyl groups excluding tert-OH is 1. The highest BCUT2D eigenvalue weighted by Gasteiger charge is 2.05. The standard InChI is InChI=1S/C11H13FN2O/c1-8(7-15)14-6-10-4-11(12)3-2-9(10)5-13/h2-4,8,14-15H,6-7H2,1H3. The van der Waals surface area contributed by atoms with Crippen molar-refractivity contribution in [2.24, 2.45) is 0 Å². The van der Waals surface area contributed by atoms with Crippen molar-refractivity contribution in [3.05, 3.63) is 35.1 Å². The Morgan fingerprint density at radius 2 is 2.33 bits per heavy atom. The monoisotopic (exact) mass is 208 g/mol. The second kappa shape index (κ2) is 5.44. The quantitative estimate of drug-likeness (QED) is 0.780. The summed E-state index contributed by atoms with van der Waals surface area (Å²) in [6, 6.07) is 5.97. The minimum Gasteiger partial charge on any atom is -0.395 e. The lowest BCUT2D eigenvalue weighted by atomic mass is 10.1. The van der Waals surface area contributed by atoms with Crippen LogP contribution in [-0.2, 0) is 6.54 Å². The lowest BCUT2D eigenvalue weighted by molar-refractivity contribution is 0.251. The van der Waals surface area contributed by atoms with E-state index in [4.69, 9.17) is 10.4 Å². The molecule has 0 bridgehead atoms. The fourth-order valence-electron chi connectivity index (χ4n) is 1.17. The van der Waals surface area contributed by atoms with Gasteiger partial charge in [-0.15, -0.1) is 0 Å². The highest BCUT2D eigenvalue weighted by molar-refractivity contribution is 5.37. The molecule has 0 heterocycles. The van der Waals surface area contributed by atoms with Crippen molar-refractivity contribution in [1.82, 2.24) is 5.32 Å². The summed E-state index contributed by atoms with van der Waals surface area (Å²) in [5, 5.41) is 20.6. The van der Waals surface area contributed by atoms with Crippen molar-refractivity contribution in [3.63, 3.8) is 0 Å². The lowest BCUT2D eigenvalue weighted by Crippen LogP contribution is -2.28. The van der Waals surface area contributed by atoms with Gasteiger partial charge in [0.05, 0.1) is 18.2 Å². The van der Waals surface area contributed by atoms with Crippen LogP contribution in [0.25, 0.3) is 0 Å². The molecule has 80 valence electrons. The average molecular weight is 208 g/mol. The SMILES string of the molecule is CC(CO)NCc1cc(F)ccc1C#N. The van der Waals surface area contributed by atoms with Gasteiger partial charge in [-0.25, -0.2) is 4.39 Å². The highest BCUT2D eigenvalue weighted by Crippen LogP contribution is 2.10. The number of aliphatic hydroxyl groups is 1. The van der Waals surface area contributed by atoms with Gasteiger partial charge in [-0.3, -0.25) is 0 Å². The summed E-state index contributed by atoms with van der Waals surface area (Å²) in [5.74, 6) is -0.359. The molecule has 3 nitrogen and oxygen atoms in total. The van der Waals surface area contributed by atoms with Gasteiger partial charge in [0.15, 0.2) is 0 Å². The van der Waals surface area contributed by atoms with Gasteiger partial charge in [0.2, 0.25) is 0 Å². The third-order valence-electron chi connectivity index (χ3n) is 2.10. The van der Waals surface area contributed by atoms with Crippen molar-refractivity contribution >= 4 is 0 Å². The van der Waals surface area contributed by atoms with E-state index in [-0.39, 0.29) is 18.5 Å². The first kappa shape index (κ1) is 11.6. The van der Waals surface area contributed by atoms with Crippen LogP contribution in [0.4, 0.5) is 4.39 Å². The second-order valence-corrected chi connectivity index (χ2v) is 3.38. The van der Waals surface area contributed by atoms with E-state index >= 15 is 0 Å². The minimum atomic E-state index is -0.359. The molecule has 0 amide bonds. The molecule has 1 rings (SSSR count). The van der Waals surface area contributed by atoms with Gasteiger partial charge in [-0.2, -0.15) is 5.26 Å². The van der Waals surface area contributed by atoms with Gasteiger partial charge in [0.1, 0.15) is 5.82 Å². The van der Waals surface area contributed by atoms with Crippen LogP contribution < -0.4 is 5.32 Å². The highest BCUT2D eigenvalue weighted by atomic mass is 19.1. The van der Waals surface area contributed by atoms with Gasteiger partial charge >= 0.3 is 0 Å². The van der Waals surface area contributed by atoms with Crippen LogP contribution in [0.15, 0.2) is 18.2 Å². The normalized spacial score (nSPS) is 12.1. The van der Waals surface area contributed by atoms with Gasteiger partial charge in [0.25, 0.3) is 0 Å². The number of hydrogen-bond acceptors (Lipinski definition) is 3. The molecule has 0 saturated carbocycles. The van der Waals surface area contributed by atoms with E-state index in [2.05, 4.69) is 5.32 Å². The van der Waals surface area contributed by atoms with Gasteiger partial charge < -0.3 is 10.4 Å². The number of nitrogens with zero attached hydrogens (tertiary/aromatic N) is 1. The zero-order valence-electron chi connectivity index (χ0n) is 8.50. The molecule has 0 spiro atoms. The van der Waals surface area contributed by atoms with Gasteiger partial charge in [-0.05, 0) is 30.7 Å². The molecule has 1 aromatic carbocycles. The van der Waals surface area contributed by atoms with Crippen LogP contribution >= 0.6 is 0 Å². The molecular formula is C11H13FN2O. The van der Waals surface area contributed by atoms with Crippen molar-refractivity contribution in [1.29, 1.82) is 5.26 Å². The molecule has 0 radical (unpaired) electrons. The third-order valence-corrected chi connectivity index (χ3v) is 2.10. The molecule has 0 aromatic heterocycles. The van der Waals surface area contributed by atoms with Crippen LogP contribution in [0, 0.1) is 17.1 Å². The molecular weight excluding hydrogens is 195 g/mol. The summed E-state index contributed by atoms with van der Waals surface area (Å²) in [4.78, 5) is 0. The van der Waals surface area contributed by atoms with Crippen molar-refractivity contribution < 1.29 is 9.50 Å². The molecule has 1 atom stereocenters. The Labute approximate surface area is 88.2 Å². The second-order valence-electron chi connectivity index (χ2n) is 3.38.